The third kappa shape index (κ3) is 2.78. The second-order valence-electron chi connectivity index (χ2n) is 13.0. The van der Waals surface area contributed by atoms with Crippen LogP contribution in [0.3, 0.4) is 0 Å². The number of fused-ring (bicyclic) bond motifs is 15. The molecule has 4 aliphatic rings. The standard InChI is InChI=1S/C43H30/c1-7-19-35-29(13-1)30-14-2-8-20-36(30)41(35)25-26-42(37-21-9-3-15-31(37)32-16-4-10-22-38(32)42)28-43(27-41)39-23-11-5-17-33(39)34-18-6-12-24-40(34)43/h1-26H,27-28H2. The van der Waals surface area contributed by atoms with E-state index in [4.69, 9.17) is 0 Å². The molecule has 0 saturated carbocycles. The topological polar surface area (TPSA) is 0 Å². The summed E-state index contributed by atoms with van der Waals surface area (Å²) < 4.78 is 0. The van der Waals surface area contributed by atoms with Gasteiger partial charge in [-0.25, -0.2) is 0 Å². The van der Waals surface area contributed by atoms with Crippen LogP contribution in [0.5, 0.6) is 0 Å². The summed E-state index contributed by atoms with van der Waals surface area (Å²) in [6.45, 7) is 0. The van der Waals surface area contributed by atoms with Crippen molar-refractivity contribution in [1.29, 1.82) is 0 Å². The zero-order valence-electron chi connectivity index (χ0n) is 23.9. The van der Waals surface area contributed by atoms with Gasteiger partial charge in [-0.3, -0.25) is 0 Å². The molecule has 0 heterocycles. The lowest BCUT2D eigenvalue weighted by molar-refractivity contribution is 0.357. The van der Waals surface area contributed by atoms with Crippen molar-refractivity contribution in [2.45, 2.75) is 29.1 Å². The van der Waals surface area contributed by atoms with Crippen LogP contribution < -0.4 is 0 Å². The summed E-state index contributed by atoms with van der Waals surface area (Å²) in [5.74, 6) is 0. The molecule has 4 aliphatic carbocycles. The van der Waals surface area contributed by atoms with Crippen LogP contribution in [0.2, 0.25) is 0 Å². The Bertz CT molecular complexity index is 1910. The summed E-state index contributed by atoms with van der Waals surface area (Å²) in [4.78, 5) is 0. The monoisotopic (exact) mass is 546 g/mol. The van der Waals surface area contributed by atoms with Gasteiger partial charge in [0.2, 0.25) is 0 Å². The maximum atomic E-state index is 2.63. The van der Waals surface area contributed by atoms with Crippen LogP contribution in [-0.4, -0.2) is 0 Å². The maximum absolute atomic E-state index is 2.63. The summed E-state index contributed by atoms with van der Waals surface area (Å²) in [6, 6.07) is 55.2. The Kier molecular flexibility index (Phi) is 4.45. The molecular weight excluding hydrogens is 516 g/mol. The molecule has 43 heavy (non-hydrogen) atoms. The van der Waals surface area contributed by atoms with E-state index >= 15 is 0 Å². The molecule has 6 aromatic carbocycles. The lowest BCUT2D eigenvalue weighted by atomic mass is 9.59. The van der Waals surface area contributed by atoms with E-state index < -0.39 is 0 Å². The highest BCUT2D eigenvalue weighted by Gasteiger charge is 2.58. The van der Waals surface area contributed by atoms with Crippen LogP contribution in [0.25, 0.3) is 33.4 Å². The van der Waals surface area contributed by atoms with Gasteiger partial charge in [-0.1, -0.05) is 158 Å². The highest BCUT2D eigenvalue weighted by molar-refractivity contribution is 5.88. The van der Waals surface area contributed by atoms with Gasteiger partial charge >= 0.3 is 0 Å². The number of hydrogen-bond acceptors (Lipinski definition) is 0. The predicted octanol–water partition coefficient (Wildman–Crippen LogP) is 10.2. The largest absolute Gasteiger partial charge is 0.0723 e. The van der Waals surface area contributed by atoms with E-state index in [1.54, 1.807) is 0 Å². The van der Waals surface area contributed by atoms with Crippen LogP contribution >= 0.6 is 0 Å². The highest BCUT2D eigenvalue weighted by atomic mass is 14.6. The molecule has 0 saturated heterocycles. The van der Waals surface area contributed by atoms with Gasteiger partial charge in [0, 0.05) is 16.2 Å². The van der Waals surface area contributed by atoms with E-state index in [9.17, 15) is 0 Å². The van der Waals surface area contributed by atoms with Crippen LogP contribution in [-0.2, 0) is 16.2 Å². The molecule has 0 atom stereocenters. The zero-order valence-corrected chi connectivity index (χ0v) is 23.9. The van der Waals surface area contributed by atoms with E-state index in [-0.39, 0.29) is 16.2 Å². The van der Waals surface area contributed by atoms with E-state index in [1.807, 2.05) is 0 Å². The second kappa shape index (κ2) is 8.12. The normalized spacial score (nSPS) is 18.0. The minimum atomic E-state index is -0.256. The van der Waals surface area contributed by atoms with Gasteiger partial charge < -0.3 is 0 Å². The average molecular weight is 547 g/mol. The summed E-state index contributed by atoms with van der Waals surface area (Å²) in [5, 5.41) is 0. The first-order valence-electron chi connectivity index (χ1n) is 15.5. The van der Waals surface area contributed by atoms with Gasteiger partial charge in [0.1, 0.15) is 0 Å². The van der Waals surface area contributed by atoms with Crippen molar-refractivity contribution in [3.8, 4) is 33.4 Å². The first-order valence-corrected chi connectivity index (χ1v) is 15.5. The van der Waals surface area contributed by atoms with Crippen molar-refractivity contribution >= 4 is 0 Å². The molecule has 0 radical (unpaired) electrons. The minimum Gasteiger partial charge on any atom is -0.0723 e. The summed E-state index contributed by atoms with van der Waals surface area (Å²) in [5.41, 5.74) is 16.3. The summed E-state index contributed by atoms with van der Waals surface area (Å²) >= 11 is 0. The Morgan fingerprint density at radius 2 is 0.512 bits per heavy atom. The minimum absolute atomic E-state index is 0.203. The Balaban J connectivity index is 1.38. The van der Waals surface area contributed by atoms with Gasteiger partial charge in [0.15, 0.2) is 0 Å². The molecule has 0 fully saturated rings. The van der Waals surface area contributed by atoms with Crippen molar-refractivity contribution < 1.29 is 0 Å². The Morgan fingerprint density at radius 3 is 0.814 bits per heavy atom. The molecule has 0 nitrogen and oxygen atoms in total. The molecule has 0 bridgehead atoms. The van der Waals surface area contributed by atoms with E-state index in [1.165, 1.54) is 66.8 Å². The molecule has 0 N–H and O–H groups in total. The van der Waals surface area contributed by atoms with Crippen LogP contribution in [0.1, 0.15) is 46.2 Å². The number of rotatable bonds is 0. The zero-order chi connectivity index (χ0) is 28.2. The van der Waals surface area contributed by atoms with Crippen molar-refractivity contribution in [2.75, 3.05) is 0 Å². The van der Waals surface area contributed by atoms with E-state index in [2.05, 4.69) is 158 Å². The van der Waals surface area contributed by atoms with Crippen LogP contribution in [0.15, 0.2) is 158 Å². The Hall–Kier alpha value is -4.94. The fraction of sp³-hybridized carbons (Fsp3) is 0.116. The van der Waals surface area contributed by atoms with Crippen LogP contribution in [0, 0.1) is 0 Å². The predicted molar refractivity (Wildman–Crippen MR) is 176 cm³/mol. The molecular formula is C43H30. The SMILES string of the molecule is C1=CC2(CC3(CC14c1ccccc1-c1ccccc14)c1ccccc1-c1ccccc13)c1ccccc1-c1ccccc12. The third-order valence-electron chi connectivity index (χ3n) is 11.2. The third-order valence-corrected chi connectivity index (χ3v) is 11.2. The van der Waals surface area contributed by atoms with Crippen LogP contribution in [0.4, 0.5) is 0 Å². The Morgan fingerprint density at radius 1 is 0.279 bits per heavy atom. The van der Waals surface area contributed by atoms with E-state index in [0.717, 1.165) is 12.8 Å². The van der Waals surface area contributed by atoms with Gasteiger partial charge in [0.25, 0.3) is 0 Å². The fourth-order valence-electron chi connectivity index (χ4n) is 9.67. The summed E-state index contributed by atoms with van der Waals surface area (Å²) in [7, 11) is 0. The molecule has 0 heteroatoms. The number of allylic oxidation sites excluding steroid dienone is 2. The average Bonchev–Trinajstić information content (AvgIpc) is 3.56. The smallest absolute Gasteiger partial charge is 0.0406 e. The first kappa shape index (κ1) is 23.6. The molecule has 3 spiro atoms. The molecule has 6 aromatic rings. The van der Waals surface area contributed by atoms with Gasteiger partial charge in [-0.2, -0.15) is 0 Å². The highest BCUT2D eigenvalue weighted by Crippen LogP contribution is 2.67. The quantitative estimate of drug-likeness (QED) is 0.166. The molecule has 10 rings (SSSR count). The molecule has 0 unspecified atom stereocenters. The van der Waals surface area contributed by atoms with Crippen molar-refractivity contribution in [3.05, 3.63) is 191 Å². The lowest BCUT2D eigenvalue weighted by Crippen LogP contribution is -2.39. The van der Waals surface area contributed by atoms with Gasteiger partial charge in [-0.15, -0.1) is 0 Å². The first-order chi connectivity index (χ1) is 21.3. The van der Waals surface area contributed by atoms with E-state index in [0.29, 0.717) is 0 Å². The second-order valence-corrected chi connectivity index (χ2v) is 13.0. The molecule has 0 aliphatic heterocycles. The van der Waals surface area contributed by atoms with Gasteiger partial charge in [-0.05, 0) is 79.6 Å². The number of benzene rings is 6. The van der Waals surface area contributed by atoms with Crippen molar-refractivity contribution in [1.82, 2.24) is 0 Å². The fourth-order valence-corrected chi connectivity index (χ4v) is 9.67. The summed E-state index contributed by atoms with van der Waals surface area (Å²) in [6.07, 6.45) is 7.25. The van der Waals surface area contributed by atoms with Crippen molar-refractivity contribution in [2.24, 2.45) is 0 Å². The lowest BCUT2D eigenvalue weighted by Gasteiger charge is -2.43. The number of hydrogen-bond donors (Lipinski definition) is 0. The van der Waals surface area contributed by atoms with Crippen molar-refractivity contribution in [3.63, 3.8) is 0 Å². The molecule has 0 amide bonds. The molecule has 202 valence electrons. The molecule has 0 aromatic heterocycles. The maximum Gasteiger partial charge on any atom is 0.0406 e. The van der Waals surface area contributed by atoms with Gasteiger partial charge in [0.05, 0.1) is 0 Å². The Labute approximate surface area is 253 Å².